The molecular weight excluding hydrogens is 192 g/mol. The lowest BCUT2D eigenvalue weighted by Crippen LogP contribution is -1.95. The zero-order valence-corrected chi connectivity index (χ0v) is 8.00. The van der Waals surface area contributed by atoms with E-state index >= 15 is 0 Å². The Hall–Kier alpha value is -2.10. The van der Waals surface area contributed by atoms with E-state index in [9.17, 15) is 0 Å². The first kappa shape index (κ1) is 9.45. The van der Waals surface area contributed by atoms with Crippen molar-refractivity contribution >= 4 is 0 Å². The number of ether oxygens (including phenoxy) is 1. The summed E-state index contributed by atoms with van der Waals surface area (Å²) in [6.45, 7) is 0.467. The maximum Gasteiger partial charge on any atom is 0.314 e. The van der Waals surface area contributed by atoms with Crippen LogP contribution in [-0.4, -0.2) is 15.1 Å². The van der Waals surface area contributed by atoms with Crippen LogP contribution in [0.3, 0.4) is 0 Å². The van der Waals surface area contributed by atoms with Gasteiger partial charge in [0.25, 0.3) is 0 Å². The number of nitrogens with zero attached hydrogens (tertiary/aromatic N) is 2. The SMILES string of the molecule is Oc1ncc(OCc2ccccc2)cn1. The van der Waals surface area contributed by atoms with Gasteiger partial charge in [0.1, 0.15) is 6.61 Å². The molecule has 76 valence electrons. The molecule has 0 fully saturated rings. The van der Waals surface area contributed by atoms with Crippen molar-refractivity contribution in [1.29, 1.82) is 0 Å². The zero-order valence-electron chi connectivity index (χ0n) is 8.00. The molecule has 0 saturated heterocycles. The first-order valence-electron chi connectivity index (χ1n) is 4.52. The standard InChI is InChI=1S/C11H10N2O2/c14-11-12-6-10(7-13-11)15-8-9-4-2-1-3-5-9/h1-7H,8H2,(H,12,13,14). The first-order valence-corrected chi connectivity index (χ1v) is 4.52. The molecule has 0 amide bonds. The minimum atomic E-state index is -0.248. The van der Waals surface area contributed by atoms with Crippen molar-refractivity contribution in [2.45, 2.75) is 6.61 Å². The van der Waals surface area contributed by atoms with E-state index in [2.05, 4.69) is 9.97 Å². The van der Waals surface area contributed by atoms with E-state index in [4.69, 9.17) is 9.84 Å². The molecule has 1 aromatic heterocycles. The van der Waals surface area contributed by atoms with Crippen molar-refractivity contribution in [3.05, 3.63) is 48.3 Å². The van der Waals surface area contributed by atoms with Crippen LogP contribution in [0.4, 0.5) is 0 Å². The Morgan fingerprint density at radius 1 is 1.07 bits per heavy atom. The summed E-state index contributed by atoms with van der Waals surface area (Å²) in [6.07, 6.45) is 2.87. The van der Waals surface area contributed by atoms with E-state index in [1.165, 1.54) is 12.4 Å². The Bertz CT molecular complexity index is 414. The molecule has 2 rings (SSSR count). The van der Waals surface area contributed by atoms with Crippen molar-refractivity contribution in [3.63, 3.8) is 0 Å². The van der Waals surface area contributed by atoms with Crippen LogP contribution in [0.2, 0.25) is 0 Å². The number of hydrogen-bond donors (Lipinski definition) is 1. The van der Waals surface area contributed by atoms with Crippen LogP contribution >= 0.6 is 0 Å². The van der Waals surface area contributed by atoms with Crippen molar-refractivity contribution in [2.75, 3.05) is 0 Å². The van der Waals surface area contributed by atoms with Crippen LogP contribution in [0.15, 0.2) is 42.7 Å². The largest absolute Gasteiger partial charge is 0.486 e. The lowest BCUT2D eigenvalue weighted by atomic mass is 10.2. The zero-order chi connectivity index (χ0) is 10.5. The van der Waals surface area contributed by atoms with Crippen LogP contribution in [0, 0.1) is 0 Å². The Balaban J connectivity index is 1.96. The fraction of sp³-hybridized carbons (Fsp3) is 0.0909. The average molecular weight is 202 g/mol. The summed E-state index contributed by atoms with van der Waals surface area (Å²) in [5.74, 6) is 0.539. The molecule has 0 aliphatic rings. The molecule has 15 heavy (non-hydrogen) atoms. The monoisotopic (exact) mass is 202 g/mol. The summed E-state index contributed by atoms with van der Waals surface area (Å²) < 4.78 is 5.41. The molecule has 1 heterocycles. The summed E-state index contributed by atoms with van der Waals surface area (Å²) in [6, 6.07) is 9.55. The predicted octanol–water partition coefficient (Wildman–Crippen LogP) is 1.76. The summed E-state index contributed by atoms with van der Waals surface area (Å²) in [5.41, 5.74) is 1.07. The number of benzene rings is 1. The fourth-order valence-electron chi connectivity index (χ4n) is 1.12. The molecule has 0 aliphatic heterocycles. The van der Waals surface area contributed by atoms with E-state index in [-0.39, 0.29) is 6.01 Å². The molecule has 1 N–H and O–H groups in total. The molecule has 1 aromatic carbocycles. The minimum Gasteiger partial charge on any atom is -0.486 e. The second-order valence-corrected chi connectivity index (χ2v) is 2.99. The molecule has 0 aliphatic carbocycles. The second kappa shape index (κ2) is 4.41. The Morgan fingerprint density at radius 3 is 2.40 bits per heavy atom. The highest BCUT2D eigenvalue weighted by Gasteiger charge is 1.96. The van der Waals surface area contributed by atoms with Gasteiger partial charge in [-0.1, -0.05) is 30.3 Å². The van der Waals surface area contributed by atoms with Crippen molar-refractivity contribution < 1.29 is 9.84 Å². The van der Waals surface area contributed by atoms with Gasteiger partial charge in [-0.3, -0.25) is 0 Å². The molecule has 0 unspecified atom stereocenters. The average Bonchev–Trinajstić information content (AvgIpc) is 2.30. The van der Waals surface area contributed by atoms with Gasteiger partial charge in [0.2, 0.25) is 0 Å². The minimum absolute atomic E-state index is 0.248. The van der Waals surface area contributed by atoms with E-state index in [0.29, 0.717) is 12.4 Å². The highest BCUT2D eigenvalue weighted by molar-refractivity contribution is 5.17. The van der Waals surface area contributed by atoms with Gasteiger partial charge in [0, 0.05) is 0 Å². The van der Waals surface area contributed by atoms with E-state index < -0.39 is 0 Å². The van der Waals surface area contributed by atoms with Gasteiger partial charge in [-0.25, -0.2) is 0 Å². The fourth-order valence-corrected chi connectivity index (χ4v) is 1.12. The van der Waals surface area contributed by atoms with Crippen LogP contribution < -0.4 is 4.74 Å². The summed E-state index contributed by atoms with van der Waals surface area (Å²) in [5, 5.41) is 8.86. The highest BCUT2D eigenvalue weighted by Crippen LogP contribution is 2.11. The first-order chi connectivity index (χ1) is 7.34. The number of rotatable bonds is 3. The maximum atomic E-state index is 8.86. The van der Waals surface area contributed by atoms with E-state index in [0.717, 1.165) is 5.56 Å². The second-order valence-electron chi connectivity index (χ2n) is 2.99. The van der Waals surface area contributed by atoms with Gasteiger partial charge in [-0.05, 0) is 5.56 Å². The van der Waals surface area contributed by atoms with E-state index in [1.54, 1.807) is 0 Å². The van der Waals surface area contributed by atoms with Crippen molar-refractivity contribution in [3.8, 4) is 11.8 Å². The number of aromatic nitrogens is 2. The molecule has 4 heteroatoms. The molecule has 0 radical (unpaired) electrons. The van der Waals surface area contributed by atoms with Crippen LogP contribution in [-0.2, 0) is 6.61 Å². The molecular formula is C11H10N2O2. The van der Waals surface area contributed by atoms with Gasteiger partial charge in [0.15, 0.2) is 5.75 Å². The van der Waals surface area contributed by atoms with E-state index in [1.807, 2.05) is 30.3 Å². The van der Waals surface area contributed by atoms with Gasteiger partial charge < -0.3 is 9.84 Å². The molecule has 0 bridgehead atoms. The molecule has 0 atom stereocenters. The third-order valence-corrected chi connectivity index (χ3v) is 1.86. The predicted molar refractivity (Wildman–Crippen MR) is 54.5 cm³/mol. The molecule has 4 nitrogen and oxygen atoms in total. The quantitative estimate of drug-likeness (QED) is 0.823. The summed E-state index contributed by atoms with van der Waals surface area (Å²) in [7, 11) is 0. The maximum absolute atomic E-state index is 8.86. The van der Waals surface area contributed by atoms with Crippen molar-refractivity contribution in [2.24, 2.45) is 0 Å². The van der Waals surface area contributed by atoms with Crippen molar-refractivity contribution in [1.82, 2.24) is 9.97 Å². The van der Waals surface area contributed by atoms with Gasteiger partial charge in [-0.15, -0.1) is 0 Å². The Morgan fingerprint density at radius 2 is 1.73 bits per heavy atom. The summed E-state index contributed by atoms with van der Waals surface area (Å²) in [4.78, 5) is 7.22. The molecule has 0 saturated carbocycles. The third-order valence-electron chi connectivity index (χ3n) is 1.86. The lowest BCUT2D eigenvalue weighted by Gasteiger charge is -2.04. The Labute approximate surface area is 87.2 Å². The van der Waals surface area contributed by atoms with Gasteiger partial charge in [0.05, 0.1) is 12.4 Å². The lowest BCUT2D eigenvalue weighted by molar-refractivity contribution is 0.301. The molecule has 2 aromatic rings. The highest BCUT2D eigenvalue weighted by atomic mass is 16.5. The van der Waals surface area contributed by atoms with Crippen LogP contribution in [0.25, 0.3) is 0 Å². The Kier molecular flexibility index (Phi) is 2.78. The van der Waals surface area contributed by atoms with Crippen LogP contribution in [0.1, 0.15) is 5.56 Å². The smallest absolute Gasteiger partial charge is 0.314 e. The number of hydrogen-bond acceptors (Lipinski definition) is 4. The van der Waals surface area contributed by atoms with Gasteiger partial charge >= 0.3 is 6.01 Å². The topological polar surface area (TPSA) is 55.2 Å². The van der Waals surface area contributed by atoms with Crippen LogP contribution in [0.5, 0.6) is 11.8 Å². The third kappa shape index (κ3) is 2.67. The normalized spacial score (nSPS) is 9.87. The molecule has 0 spiro atoms. The number of aromatic hydroxyl groups is 1. The summed E-state index contributed by atoms with van der Waals surface area (Å²) >= 11 is 0. The van der Waals surface area contributed by atoms with Gasteiger partial charge in [-0.2, -0.15) is 9.97 Å².